The smallest absolute Gasteiger partial charge is 0.326 e. The number of hydrogen-bond donors (Lipinski definition) is 1. The van der Waals surface area contributed by atoms with Crippen LogP contribution in [0.3, 0.4) is 0 Å². The topological polar surface area (TPSA) is 49.4 Å². The van der Waals surface area contributed by atoms with Crippen LogP contribution in [0.5, 0.6) is 0 Å². The first kappa shape index (κ1) is 19.2. The van der Waals surface area contributed by atoms with Gasteiger partial charge in [-0.15, -0.1) is 0 Å². The van der Waals surface area contributed by atoms with Crippen LogP contribution < -0.4 is 10.2 Å². The summed E-state index contributed by atoms with van der Waals surface area (Å²) >= 11 is 5.58. The number of carbonyl (C=O) groups is 2. The molecule has 1 N–H and O–H groups in total. The highest BCUT2D eigenvalue weighted by molar-refractivity contribution is 6.31. The fourth-order valence-electron chi connectivity index (χ4n) is 2.99. The molecule has 0 spiro atoms. The lowest BCUT2D eigenvalue weighted by atomic mass is 10.1. The fraction of sp³-hybridized carbons (Fsp3) is 0.263. The molecule has 27 heavy (non-hydrogen) atoms. The summed E-state index contributed by atoms with van der Waals surface area (Å²) in [6.45, 7) is 2.07. The fourth-order valence-corrected chi connectivity index (χ4v) is 3.22. The highest BCUT2D eigenvalue weighted by atomic mass is 35.5. The summed E-state index contributed by atoms with van der Waals surface area (Å²) in [6.07, 6.45) is -4.62. The van der Waals surface area contributed by atoms with Gasteiger partial charge in [-0.3, -0.25) is 9.59 Å². The molecule has 1 saturated heterocycles. The SMILES string of the molecule is Cc1cccc(N2C[C@H](C(=O)Nc3ccc(Cl)c(C(F)(F)F)c3)CC2=O)c1. The van der Waals surface area contributed by atoms with E-state index in [0.29, 0.717) is 5.69 Å². The zero-order chi connectivity index (χ0) is 19.8. The number of nitrogens with zero attached hydrogens (tertiary/aromatic N) is 1. The van der Waals surface area contributed by atoms with Gasteiger partial charge in [-0.25, -0.2) is 0 Å². The van der Waals surface area contributed by atoms with Gasteiger partial charge in [0.25, 0.3) is 0 Å². The molecule has 0 saturated carbocycles. The summed E-state index contributed by atoms with van der Waals surface area (Å²) in [5, 5.41) is 2.01. The van der Waals surface area contributed by atoms with Crippen LogP contribution in [0.2, 0.25) is 5.02 Å². The summed E-state index contributed by atoms with van der Waals surface area (Å²) in [7, 11) is 0. The van der Waals surface area contributed by atoms with Crippen molar-refractivity contribution in [2.45, 2.75) is 19.5 Å². The lowest BCUT2D eigenvalue weighted by Crippen LogP contribution is -2.28. The van der Waals surface area contributed by atoms with Crippen molar-refractivity contribution < 1.29 is 22.8 Å². The molecule has 3 rings (SSSR count). The standard InChI is InChI=1S/C19H16ClF3N2O2/c1-11-3-2-4-14(7-11)25-10-12(8-17(25)26)18(27)24-13-5-6-16(20)15(9-13)19(21,22)23/h2-7,9,12H,8,10H2,1H3,(H,24,27)/t12-/m1/s1. The monoisotopic (exact) mass is 396 g/mol. The number of carbonyl (C=O) groups excluding carboxylic acids is 2. The van der Waals surface area contributed by atoms with Crippen molar-refractivity contribution in [2.24, 2.45) is 5.92 Å². The molecule has 0 bridgehead atoms. The van der Waals surface area contributed by atoms with Crippen LogP contribution in [0, 0.1) is 12.8 Å². The Morgan fingerprint density at radius 1 is 1.22 bits per heavy atom. The molecule has 2 aromatic carbocycles. The minimum Gasteiger partial charge on any atom is -0.326 e. The Kier molecular flexibility index (Phi) is 5.15. The Bertz CT molecular complexity index is 899. The molecule has 142 valence electrons. The first-order chi connectivity index (χ1) is 12.6. The van der Waals surface area contributed by atoms with E-state index in [0.717, 1.165) is 17.7 Å². The van der Waals surface area contributed by atoms with Gasteiger partial charge in [0.2, 0.25) is 11.8 Å². The Morgan fingerprint density at radius 2 is 1.96 bits per heavy atom. The number of anilines is 2. The zero-order valence-corrected chi connectivity index (χ0v) is 15.1. The predicted octanol–water partition coefficient (Wildman–Crippen LogP) is 4.66. The maximum atomic E-state index is 12.9. The molecule has 1 aliphatic heterocycles. The first-order valence-corrected chi connectivity index (χ1v) is 8.57. The number of alkyl halides is 3. The zero-order valence-electron chi connectivity index (χ0n) is 14.3. The number of amides is 2. The molecule has 0 aliphatic carbocycles. The van der Waals surface area contributed by atoms with E-state index in [1.54, 1.807) is 6.07 Å². The number of nitrogens with one attached hydrogen (secondary N) is 1. The van der Waals surface area contributed by atoms with E-state index in [9.17, 15) is 22.8 Å². The Morgan fingerprint density at radius 3 is 2.63 bits per heavy atom. The molecule has 0 radical (unpaired) electrons. The minimum atomic E-state index is -4.62. The van der Waals surface area contributed by atoms with Crippen LogP contribution in [0.1, 0.15) is 17.5 Å². The van der Waals surface area contributed by atoms with E-state index in [-0.39, 0.29) is 24.6 Å². The van der Waals surface area contributed by atoms with Crippen LogP contribution in [0.4, 0.5) is 24.5 Å². The van der Waals surface area contributed by atoms with Crippen molar-refractivity contribution >= 4 is 34.8 Å². The molecule has 2 aromatic rings. The molecule has 1 fully saturated rings. The summed E-state index contributed by atoms with van der Waals surface area (Å²) in [4.78, 5) is 26.2. The maximum absolute atomic E-state index is 12.9. The molecule has 2 amide bonds. The second-order valence-corrected chi connectivity index (χ2v) is 6.83. The van der Waals surface area contributed by atoms with Crippen LogP contribution in [0.25, 0.3) is 0 Å². The third kappa shape index (κ3) is 4.24. The molecule has 1 atom stereocenters. The normalized spacial score (nSPS) is 17.3. The van der Waals surface area contributed by atoms with Gasteiger partial charge in [0.05, 0.1) is 16.5 Å². The van der Waals surface area contributed by atoms with Gasteiger partial charge < -0.3 is 10.2 Å². The van der Waals surface area contributed by atoms with Crippen LogP contribution in [-0.4, -0.2) is 18.4 Å². The van der Waals surface area contributed by atoms with Crippen molar-refractivity contribution in [2.75, 3.05) is 16.8 Å². The van der Waals surface area contributed by atoms with Gasteiger partial charge in [-0.05, 0) is 42.8 Å². The Hall–Kier alpha value is -2.54. The molecule has 1 heterocycles. The Balaban J connectivity index is 1.73. The van der Waals surface area contributed by atoms with Gasteiger partial charge in [-0.2, -0.15) is 13.2 Å². The van der Waals surface area contributed by atoms with Gasteiger partial charge in [-0.1, -0.05) is 23.7 Å². The predicted molar refractivity (Wildman–Crippen MR) is 96.7 cm³/mol. The van der Waals surface area contributed by atoms with E-state index < -0.39 is 28.6 Å². The number of halogens is 4. The van der Waals surface area contributed by atoms with Crippen molar-refractivity contribution in [1.82, 2.24) is 0 Å². The largest absolute Gasteiger partial charge is 0.417 e. The van der Waals surface area contributed by atoms with Gasteiger partial charge in [0.15, 0.2) is 0 Å². The molecular formula is C19H16ClF3N2O2. The van der Waals surface area contributed by atoms with E-state index in [4.69, 9.17) is 11.6 Å². The number of benzene rings is 2. The van der Waals surface area contributed by atoms with Crippen LogP contribution >= 0.6 is 11.6 Å². The number of hydrogen-bond acceptors (Lipinski definition) is 2. The van der Waals surface area contributed by atoms with Crippen LogP contribution in [-0.2, 0) is 15.8 Å². The highest BCUT2D eigenvalue weighted by Gasteiger charge is 2.36. The molecule has 8 heteroatoms. The van der Waals surface area contributed by atoms with E-state index in [2.05, 4.69) is 5.32 Å². The first-order valence-electron chi connectivity index (χ1n) is 8.20. The van der Waals surface area contributed by atoms with Crippen LogP contribution in [0.15, 0.2) is 42.5 Å². The average molecular weight is 397 g/mol. The highest BCUT2D eigenvalue weighted by Crippen LogP contribution is 2.36. The molecule has 4 nitrogen and oxygen atoms in total. The van der Waals surface area contributed by atoms with Gasteiger partial charge in [0.1, 0.15) is 0 Å². The summed E-state index contributed by atoms with van der Waals surface area (Å²) in [5.41, 5.74) is 0.638. The average Bonchev–Trinajstić information content (AvgIpc) is 2.97. The van der Waals surface area contributed by atoms with Crippen molar-refractivity contribution in [3.05, 3.63) is 58.6 Å². The number of aryl methyl sites for hydroxylation is 1. The van der Waals surface area contributed by atoms with E-state index in [1.165, 1.54) is 11.0 Å². The molecule has 1 aliphatic rings. The van der Waals surface area contributed by atoms with Crippen molar-refractivity contribution in [3.63, 3.8) is 0 Å². The minimum absolute atomic E-state index is 0.000503. The summed E-state index contributed by atoms with van der Waals surface area (Å²) < 4.78 is 38.8. The maximum Gasteiger partial charge on any atom is 0.417 e. The second-order valence-electron chi connectivity index (χ2n) is 6.43. The van der Waals surface area contributed by atoms with E-state index >= 15 is 0 Å². The van der Waals surface area contributed by atoms with Crippen molar-refractivity contribution in [1.29, 1.82) is 0 Å². The lowest BCUT2D eigenvalue weighted by molar-refractivity contribution is -0.137. The summed E-state index contributed by atoms with van der Waals surface area (Å²) in [5.74, 6) is -1.36. The quantitative estimate of drug-likeness (QED) is 0.820. The Labute approximate surface area is 158 Å². The third-order valence-corrected chi connectivity index (χ3v) is 4.68. The molecule has 0 aromatic heterocycles. The van der Waals surface area contributed by atoms with Gasteiger partial charge in [0, 0.05) is 24.3 Å². The molecular weight excluding hydrogens is 381 g/mol. The molecule has 0 unspecified atom stereocenters. The summed E-state index contributed by atoms with van der Waals surface area (Å²) in [6, 6.07) is 10.5. The second kappa shape index (κ2) is 7.23. The van der Waals surface area contributed by atoms with Crippen molar-refractivity contribution in [3.8, 4) is 0 Å². The van der Waals surface area contributed by atoms with Gasteiger partial charge >= 0.3 is 6.18 Å². The number of rotatable bonds is 3. The van der Waals surface area contributed by atoms with E-state index in [1.807, 2.05) is 25.1 Å². The lowest BCUT2D eigenvalue weighted by Gasteiger charge is -2.17. The third-order valence-electron chi connectivity index (χ3n) is 4.35.